The lowest BCUT2D eigenvalue weighted by Crippen LogP contribution is -2.00. The van der Waals surface area contributed by atoms with Crippen molar-refractivity contribution in [3.05, 3.63) is 51.8 Å². The van der Waals surface area contributed by atoms with Crippen molar-refractivity contribution in [1.82, 2.24) is 0 Å². The molecule has 3 aromatic rings. The number of ether oxygens (including phenoxy) is 1. The van der Waals surface area contributed by atoms with E-state index in [1.54, 1.807) is 31.4 Å². The highest BCUT2D eigenvalue weighted by Gasteiger charge is 2.08. The molecule has 2 aromatic carbocycles. The number of rotatable bonds is 1. The molecule has 4 heteroatoms. The molecule has 3 rings (SSSR count). The molecule has 0 fully saturated rings. The van der Waals surface area contributed by atoms with E-state index in [1.165, 1.54) is 0 Å². The topological polar surface area (TPSA) is 39.4 Å². The van der Waals surface area contributed by atoms with Crippen LogP contribution in [0.4, 0.5) is 0 Å². The van der Waals surface area contributed by atoms with Crippen molar-refractivity contribution in [3.63, 3.8) is 0 Å². The Balaban J connectivity index is 2.53. The van der Waals surface area contributed by atoms with Crippen LogP contribution in [0, 0.1) is 0 Å². The van der Waals surface area contributed by atoms with Crippen LogP contribution in [-0.4, -0.2) is 7.11 Å². The molecule has 0 N–H and O–H groups in total. The zero-order chi connectivity index (χ0) is 12.7. The van der Waals surface area contributed by atoms with Gasteiger partial charge >= 0.3 is 5.63 Å². The summed E-state index contributed by atoms with van der Waals surface area (Å²) in [5.41, 5.74) is 0.154. The molecule has 1 heterocycles. The van der Waals surface area contributed by atoms with Crippen molar-refractivity contribution >= 4 is 33.3 Å². The normalized spacial score (nSPS) is 11.0. The third-order valence-electron chi connectivity index (χ3n) is 2.88. The fourth-order valence-corrected chi connectivity index (χ4v) is 2.18. The van der Waals surface area contributed by atoms with Gasteiger partial charge in [0.2, 0.25) is 0 Å². The first-order valence-electron chi connectivity index (χ1n) is 5.39. The molecule has 0 saturated heterocycles. The van der Waals surface area contributed by atoms with Crippen LogP contribution in [0.1, 0.15) is 0 Å². The number of methoxy groups -OCH3 is 1. The molecule has 90 valence electrons. The quantitative estimate of drug-likeness (QED) is 0.496. The molecule has 0 amide bonds. The average Bonchev–Trinajstić information content (AvgIpc) is 2.39. The van der Waals surface area contributed by atoms with E-state index < -0.39 is 0 Å². The minimum Gasteiger partial charge on any atom is -0.497 e. The molecule has 0 bridgehead atoms. The molecule has 1 aromatic heterocycles. The second-order valence-electron chi connectivity index (χ2n) is 3.94. The first kappa shape index (κ1) is 11.1. The number of hydrogen-bond donors (Lipinski definition) is 0. The van der Waals surface area contributed by atoms with Crippen molar-refractivity contribution < 1.29 is 9.15 Å². The van der Waals surface area contributed by atoms with Crippen LogP contribution in [0.2, 0.25) is 5.02 Å². The van der Waals surface area contributed by atoms with E-state index in [4.69, 9.17) is 20.8 Å². The van der Waals surface area contributed by atoms with Gasteiger partial charge in [-0.3, -0.25) is 0 Å². The fraction of sp³-hybridized carbons (Fsp3) is 0.0714. The SMILES string of the molecule is COc1ccc2c(c1)c(=O)oc1ccc(Cl)cc12. The summed E-state index contributed by atoms with van der Waals surface area (Å²) in [6, 6.07) is 10.5. The Morgan fingerprint density at radius 2 is 1.89 bits per heavy atom. The molecule has 3 nitrogen and oxygen atoms in total. The highest BCUT2D eigenvalue weighted by atomic mass is 35.5. The minimum atomic E-state index is -0.376. The van der Waals surface area contributed by atoms with Crippen molar-refractivity contribution in [1.29, 1.82) is 0 Å². The summed E-state index contributed by atoms with van der Waals surface area (Å²) < 4.78 is 10.4. The maximum Gasteiger partial charge on any atom is 0.344 e. The van der Waals surface area contributed by atoms with E-state index >= 15 is 0 Å². The first-order chi connectivity index (χ1) is 8.69. The van der Waals surface area contributed by atoms with Gasteiger partial charge in [-0.25, -0.2) is 4.79 Å². The van der Waals surface area contributed by atoms with Gasteiger partial charge in [0.15, 0.2) is 0 Å². The lowest BCUT2D eigenvalue weighted by molar-refractivity contribution is 0.415. The zero-order valence-corrected chi connectivity index (χ0v) is 10.3. The number of halogens is 1. The van der Waals surface area contributed by atoms with E-state index in [-0.39, 0.29) is 5.63 Å². The summed E-state index contributed by atoms with van der Waals surface area (Å²) in [6.07, 6.45) is 0. The van der Waals surface area contributed by atoms with Gasteiger partial charge in [0, 0.05) is 15.8 Å². The molecule has 0 spiro atoms. The number of hydrogen-bond acceptors (Lipinski definition) is 3. The fourth-order valence-electron chi connectivity index (χ4n) is 2.01. The van der Waals surface area contributed by atoms with E-state index in [0.717, 1.165) is 10.8 Å². The van der Waals surface area contributed by atoms with Crippen LogP contribution >= 0.6 is 11.6 Å². The molecule has 18 heavy (non-hydrogen) atoms. The smallest absolute Gasteiger partial charge is 0.344 e. The third-order valence-corrected chi connectivity index (χ3v) is 3.12. The summed E-state index contributed by atoms with van der Waals surface area (Å²) in [6.45, 7) is 0. The molecule has 0 radical (unpaired) electrons. The highest BCUT2D eigenvalue weighted by molar-refractivity contribution is 6.31. The summed E-state index contributed by atoms with van der Waals surface area (Å²) in [7, 11) is 1.56. The molecule has 0 aliphatic heterocycles. The third kappa shape index (κ3) is 1.64. The maximum atomic E-state index is 11.9. The monoisotopic (exact) mass is 260 g/mol. The van der Waals surface area contributed by atoms with Gasteiger partial charge in [0.25, 0.3) is 0 Å². The van der Waals surface area contributed by atoms with E-state index in [9.17, 15) is 4.79 Å². The lowest BCUT2D eigenvalue weighted by atomic mass is 10.1. The Morgan fingerprint density at radius 3 is 2.67 bits per heavy atom. The van der Waals surface area contributed by atoms with Gasteiger partial charge in [-0.05, 0) is 36.4 Å². The summed E-state index contributed by atoms with van der Waals surface area (Å²) >= 11 is 5.97. The van der Waals surface area contributed by atoms with Crippen LogP contribution in [-0.2, 0) is 0 Å². The largest absolute Gasteiger partial charge is 0.497 e. The highest BCUT2D eigenvalue weighted by Crippen LogP contribution is 2.27. The van der Waals surface area contributed by atoms with E-state index in [2.05, 4.69) is 0 Å². The lowest BCUT2D eigenvalue weighted by Gasteiger charge is -2.05. The maximum absolute atomic E-state index is 11.9. The van der Waals surface area contributed by atoms with Gasteiger partial charge in [-0.1, -0.05) is 11.6 Å². The molecule has 0 aliphatic rings. The Morgan fingerprint density at radius 1 is 1.06 bits per heavy atom. The predicted molar refractivity (Wildman–Crippen MR) is 71.6 cm³/mol. The first-order valence-corrected chi connectivity index (χ1v) is 5.77. The van der Waals surface area contributed by atoms with Crippen molar-refractivity contribution in [2.45, 2.75) is 0 Å². The molecular weight excluding hydrogens is 252 g/mol. The van der Waals surface area contributed by atoms with Gasteiger partial charge in [0.1, 0.15) is 11.3 Å². The summed E-state index contributed by atoms with van der Waals surface area (Å²) in [5, 5.41) is 2.72. The second kappa shape index (κ2) is 4.03. The van der Waals surface area contributed by atoms with Crippen LogP contribution in [0.15, 0.2) is 45.6 Å². The molecule has 0 unspecified atom stereocenters. The molecule has 0 saturated carbocycles. The van der Waals surface area contributed by atoms with Crippen LogP contribution in [0.25, 0.3) is 21.7 Å². The number of benzene rings is 2. The Kier molecular flexibility index (Phi) is 2.49. The van der Waals surface area contributed by atoms with Gasteiger partial charge in [-0.15, -0.1) is 0 Å². The van der Waals surface area contributed by atoms with E-state index in [0.29, 0.717) is 21.7 Å². The Hall–Kier alpha value is -2.00. The van der Waals surface area contributed by atoms with Crippen LogP contribution in [0.3, 0.4) is 0 Å². The minimum absolute atomic E-state index is 0.376. The van der Waals surface area contributed by atoms with E-state index in [1.807, 2.05) is 12.1 Å². The zero-order valence-electron chi connectivity index (χ0n) is 9.57. The van der Waals surface area contributed by atoms with Crippen LogP contribution in [0.5, 0.6) is 5.75 Å². The van der Waals surface area contributed by atoms with Crippen LogP contribution < -0.4 is 10.4 Å². The Labute approximate surface area is 108 Å². The van der Waals surface area contributed by atoms with Crippen molar-refractivity contribution in [2.75, 3.05) is 7.11 Å². The average molecular weight is 261 g/mol. The molecular formula is C14H9ClO3. The van der Waals surface area contributed by atoms with Crippen molar-refractivity contribution in [2.24, 2.45) is 0 Å². The Bertz CT molecular complexity index is 805. The van der Waals surface area contributed by atoms with Crippen molar-refractivity contribution in [3.8, 4) is 5.75 Å². The number of fused-ring (bicyclic) bond motifs is 3. The summed E-state index contributed by atoms with van der Waals surface area (Å²) in [5.74, 6) is 0.621. The van der Waals surface area contributed by atoms with Gasteiger partial charge in [-0.2, -0.15) is 0 Å². The van der Waals surface area contributed by atoms with Gasteiger partial charge < -0.3 is 9.15 Å². The molecule has 0 atom stereocenters. The molecule has 0 aliphatic carbocycles. The standard InChI is InChI=1S/C14H9ClO3/c1-17-9-3-4-10-11-6-8(15)2-5-13(11)18-14(16)12(10)7-9/h2-7H,1H3. The predicted octanol–water partition coefficient (Wildman–Crippen LogP) is 3.61. The summed E-state index contributed by atoms with van der Waals surface area (Å²) in [4.78, 5) is 11.9. The van der Waals surface area contributed by atoms with Gasteiger partial charge in [0.05, 0.1) is 12.5 Å². The second-order valence-corrected chi connectivity index (χ2v) is 4.38.